The Hall–Kier alpha value is -1.56. The van der Waals surface area contributed by atoms with Crippen LogP contribution < -0.4 is 0 Å². The van der Waals surface area contributed by atoms with Crippen molar-refractivity contribution < 1.29 is 0 Å². The van der Waals surface area contributed by atoms with Crippen LogP contribution in [-0.2, 0) is 32.5 Å². The van der Waals surface area contributed by atoms with Crippen molar-refractivity contribution in [1.82, 2.24) is 0 Å². The summed E-state index contributed by atoms with van der Waals surface area (Å²) in [4.78, 5) is 0. The maximum Gasteiger partial charge on any atom is 0.0155 e. The van der Waals surface area contributed by atoms with E-state index in [4.69, 9.17) is 0 Å². The maximum atomic E-state index is 2.52. The first-order chi connectivity index (χ1) is 15.3. The smallest absolute Gasteiger partial charge is 0.0155 e. The highest BCUT2D eigenvalue weighted by Crippen LogP contribution is 2.49. The van der Waals surface area contributed by atoms with Gasteiger partial charge in [0, 0.05) is 5.41 Å². The van der Waals surface area contributed by atoms with Crippen LogP contribution in [0, 0.1) is 0 Å². The van der Waals surface area contributed by atoms with Crippen molar-refractivity contribution in [2.75, 3.05) is 0 Å². The van der Waals surface area contributed by atoms with Gasteiger partial charge in [-0.2, -0.15) is 0 Å². The molecule has 0 nitrogen and oxygen atoms in total. The maximum absolute atomic E-state index is 2.52. The lowest BCUT2D eigenvalue weighted by Gasteiger charge is -2.43. The van der Waals surface area contributed by atoms with E-state index >= 15 is 0 Å². The van der Waals surface area contributed by atoms with E-state index in [1.807, 2.05) is 0 Å². The van der Waals surface area contributed by atoms with Gasteiger partial charge in [-0.1, -0.05) is 148 Å². The van der Waals surface area contributed by atoms with Crippen LogP contribution in [0.25, 0.3) is 0 Å². The quantitative estimate of drug-likeness (QED) is 0.404. The van der Waals surface area contributed by atoms with Crippen LogP contribution in [0.5, 0.6) is 0 Å². The molecule has 0 N–H and O–H groups in total. The molecular weight excluding hydrogens is 420 g/mol. The fraction of sp³-hybridized carbons (Fsp3) is 0.657. The average molecular weight is 477 g/mol. The standard InChI is InChI=1S/C35H56/c1-30(2,3)23-21-26(32(7,8)9)29(27(22-23)33(10,11)12)35(16,17)25-20-18-19-24(31(4,5)6)28(25)34(13,14)15/h18-22H,1-17H3. The van der Waals surface area contributed by atoms with Gasteiger partial charge in [-0.15, -0.1) is 0 Å². The van der Waals surface area contributed by atoms with Gasteiger partial charge in [-0.25, -0.2) is 0 Å². The molecule has 0 fully saturated rings. The van der Waals surface area contributed by atoms with E-state index in [1.54, 1.807) is 0 Å². The van der Waals surface area contributed by atoms with E-state index in [-0.39, 0.29) is 32.5 Å². The molecule has 0 heterocycles. The molecule has 0 saturated carbocycles. The summed E-state index contributed by atoms with van der Waals surface area (Å²) >= 11 is 0. The van der Waals surface area contributed by atoms with Crippen molar-refractivity contribution in [3.05, 3.63) is 69.3 Å². The van der Waals surface area contributed by atoms with Crippen molar-refractivity contribution in [3.8, 4) is 0 Å². The van der Waals surface area contributed by atoms with Crippen molar-refractivity contribution in [3.63, 3.8) is 0 Å². The zero-order valence-electron chi connectivity index (χ0n) is 26.4. The van der Waals surface area contributed by atoms with Crippen LogP contribution in [0.4, 0.5) is 0 Å². The van der Waals surface area contributed by atoms with Gasteiger partial charge in [0.1, 0.15) is 0 Å². The molecule has 196 valence electrons. The fourth-order valence-corrected chi connectivity index (χ4v) is 5.57. The molecule has 2 aromatic carbocycles. The molecule has 0 spiro atoms. The van der Waals surface area contributed by atoms with Crippen LogP contribution in [-0.4, -0.2) is 0 Å². The summed E-state index contributed by atoms with van der Waals surface area (Å²) < 4.78 is 0. The summed E-state index contributed by atoms with van der Waals surface area (Å²) in [6.45, 7) is 40.5. The number of hydrogen-bond acceptors (Lipinski definition) is 0. The summed E-state index contributed by atoms with van der Waals surface area (Å²) in [5.74, 6) is 0. The van der Waals surface area contributed by atoms with Gasteiger partial charge in [0.2, 0.25) is 0 Å². The minimum absolute atomic E-state index is 0.0391. The van der Waals surface area contributed by atoms with Gasteiger partial charge < -0.3 is 0 Å². The van der Waals surface area contributed by atoms with E-state index in [0.29, 0.717) is 0 Å². The van der Waals surface area contributed by atoms with E-state index in [9.17, 15) is 0 Å². The highest BCUT2D eigenvalue weighted by molar-refractivity contribution is 5.58. The monoisotopic (exact) mass is 476 g/mol. The first-order valence-corrected chi connectivity index (χ1v) is 13.6. The Labute approximate surface area is 219 Å². The summed E-state index contributed by atoms with van der Waals surface area (Å²) in [5.41, 5.74) is 10.5. The third kappa shape index (κ3) is 6.06. The third-order valence-electron chi connectivity index (χ3n) is 7.54. The lowest BCUT2D eigenvalue weighted by molar-refractivity contribution is 0.484. The van der Waals surface area contributed by atoms with Crippen molar-refractivity contribution in [2.45, 2.75) is 150 Å². The molecular formula is C35H56. The average Bonchev–Trinajstić information content (AvgIpc) is 2.62. The Morgan fingerprint density at radius 3 is 1.06 bits per heavy atom. The zero-order chi connectivity index (χ0) is 27.6. The Bertz CT molecular complexity index is 1020. The van der Waals surface area contributed by atoms with Crippen LogP contribution in [0.1, 0.15) is 157 Å². The predicted molar refractivity (Wildman–Crippen MR) is 159 cm³/mol. The van der Waals surface area contributed by atoms with Crippen LogP contribution in [0.15, 0.2) is 30.3 Å². The van der Waals surface area contributed by atoms with Gasteiger partial charge in [-0.05, 0) is 66.0 Å². The summed E-state index contributed by atoms with van der Waals surface area (Å²) in [5, 5.41) is 0. The van der Waals surface area contributed by atoms with Crippen LogP contribution >= 0.6 is 0 Å². The molecule has 0 aliphatic rings. The Morgan fingerprint density at radius 2 is 0.743 bits per heavy atom. The molecule has 0 heteroatoms. The summed E-state index contributed by atoms with van der Waals surface area (Å²) in [7, 11) is 0. The second kappa shape index (κ2) is 8.78. The summed E-state index contributed by atoms with van der Waals surface area (Å²) in [6, 6.07) is 12.1. The normalized spacial score (nSPS) is 14.4. The van der Waals surface area contributed by atoms with Crippen molar-refractivity contribution in [2.24, 2.45) is 0 Å². The zero-order valence-corrected chi connectivity index (χ0v) is 26.4. The largest absolute Gasteiger partial charge is 0.0616 e. The number of benzene rings is 2. The van der Waals surface area contributed by atoms with Gasteiger partial charge in [0.25, 0.3) is 0 Å². The molecule has 0 atom stereocenters. The molecule has 0 aromatic heterocycles. The van der Waals surface area contributed by atoms with Crippen LogP contribution in [0.3, 0.4) is 0 Å². The highest BCUT2D eigenvalue weighted by atomic mass is 14.4. The Balaban J connectivity index is 3.17. The van der Waals surface area contributed by atoms with Gasteiger partial charge in [0.15, 0.2) is 0 Å². The summed E-state index contributed by atoms with van der Waals surface area (Å²) in [6.07, 6.45) is 0. The first-order valence-electron chi connectivity index (χ1n) is 13.6. The SMILES string of the molecule is CC(C)(C)c1cc(C(C)(C)C)c(C(C)(C)c2cccc(C(C)(C)C)c2C(C)(C)C)c(C(C)(C)C)c1. The topological polar surface area (TPSA) is 0 Å². The second-order valence-corrected chi connectivity index (χ2v) is 16.5. The fourth-order valence-electron chi connectivity index (χ4n) is 5.57. The third-order valence-corrected chi connectivity index (χ3v) is 7.54. The molecule has 0 bridgehead atoms. The van der Waals surface area contributed by atoms with Crippen molar-refractivity contribution in [1.29, 1.82) is 0 Å². The molecule has 0 aliphatic carbocycles. The van der Waals surface area contributed by atoms with E-state index in [1.165, 1.54) is 38.9 Å². The van der Waals surface area contributed by atoms with Gasteiger partial charge in [0.05, 0.1) is 0 Å². The van der Waals surface area contributed by atoms with Gasteiger partial charge in [-0.3, -0.25) is 0 Å². The van der Waals surface area contributed by atoms with E-state index < -0.39 is 0 Å². The predicted octanol–water partition coefficient (Wildman–Crippen LogP) is 10.5. The molecule has 35 heavy (non-hydrogen) atoms. The second-order valence-electron chi connectivity index (χ2n) is 16.5. The lowest BCUT2D eigenvalue weighted by Crippen LogP contribution is -2.35. The highest BCUT2D eigenvalue weighted by Gasteiger charge is 2.40. The van der Waals surface area contributed by atoms with Crippen LogP contribution in [0.2, 0.25) is 0 Å². The number of rotatable bonds is 2. The molecule has 0 radical (unpaired) electrons. The van der Waals surface area contributed by atoms with Crippen molar-refractivity contribution >= 4 is 0 Å². The molecule has 2 rings (SSSR count). The number of hydrogen-bond donors (Lipinski definition) is 0. The Morgan fingerprint density at radius 1 is 0.371 bits per heavy atom. The lowest BCUT2D eigenvalue weighted by atomic mass is 9.61. The minimum Gasteiger partial charge on any atom is -0.0616 e. The van der Waals surface area contributed by atoms with E-state index in [0.717, 1.165) is 0 Å². The molecule has 0 unspecified atom stereocenters. The molecule has 0 amide bonds. The van der Waals surface area contributed by atoms with E-state index in [2.05, 4.69) is 148 Å². The van der Waals surface area contributed by atoms with Gasteiger partial charge >= 0.3 is 0 Å². The molecule has 0 saturated heterocycles. The Kier molecular flexibility index (Phi) is 7.44. The molecule has 0 aliphatic heterocycles. The minimum atomic E-state index is -0.147. The molecule has 2 aromatic rings. The first kappa shape index (κ1) is 29.7.